The highest BCUT2D eigenvalue weighted by Gasteiger charge is 2.11. The summed E-state index contributed by atoms with van der Waals surface area (Å²) < 4.78 is 0. The maximum absolute atomic E-state index is 11.3. The summed E-state index contributed by atoms with van der Waals surface area (Å²) in [6.45, 7) is 3.46. The highest BCUT2D eigenvalue weighted by molar-refractivity contribution is 5.95. The molecule has 1 aliphatic carbocycles. The second-order valence-electron chi connectivity index (χ2n) is 3.59. The summed E-state index contributed by atoms with van der Waals surface area (Å²) in [5.41, 5.74) is 0.690. The van der Waals surface area contributed by atoms with Gasteiger partial charge in [-0.15, -0.1) is 0 Å². The lowest BCUT2D eigenvalue weighted by Crippen LogP contribution is -2.40. The van der Waals surface area contributed by atoms with Crippen molar-refractivity contribution >= 4 is 11.9 Å². The van der Waals surface area contributed by atoms with Crippen LogP contribution in [0.2, 0.25) is 0 Å². The Hall–Kier alpha value is -1.58. The van der Waals surface area contributed by atoms with Gasteiger partial charge in [0.15, 0.2) is 0 Å². The van der Waals surface area contributed by atoms with Crippen molar-refractivity contribution in [3.63, 3.8) is 0 Å². The molecule has 1 aliphatic rings. The minimum absolute atomic E-state index is 0.196. The van der Waals surface area contributed by atoms with E-state index in [-0.39, 0.29) is 11.8 Å². The van der Waals surface area contributed by atoms with E-state index in [9.17, 15) is 9.59 Å². The molecular weight excluding hydrogens is 192 g/mol. The third-order valence-corrected chi connectivity index (χ3v) is 1.89. The van der Waals surface area contributed by atoms with Gasteiger partial charge in [-0.1, -0.05) is 26.0 Å². The van der Waals surface area contributed by atoms with Crippen LogP contribution in [0.5, 0.6) is 0 Å². The van der Waals surface area contributed by atoms with Crippen molar-refractivity contribution in [3.05, 3.63) is 30.3 Å². The van der Waals surface area contributed by atoms with Crippen LogP contribution < -0.4 is 10.6 Å². The molecule has 0 bridgehead atoms. The molecule has 1 radical (unpaired) electrons. The number of hydrogen-bond donors (Lipinski definition) is 2. The van der Waals surface area contributed by atoms with Crippen molar-refractivity contribution in [3.8, 4) is 0 Å². The van der Waals surface area contributed by atoms with Crippen LogP contribution >= 0.6 is 0 Å². The maximum Gasteiger partial charge on any atom is 0.325 e. The lowest BCUT2D eigenvalue weighted by atomic mass is 10.1. The predicted molar refractivity (Wildman–Crippen MR) is 57.7 cm³/mol. The number of allylic oxidation sites excluding steroid dienone is 3. The van der Waals surface area contributed by atoms with Gasteiger partial charge in [0.25, 0.3) is 0 Å². The summed E-state index contributed by atoms with van der Waals surface area (Å²) >= 11 is 0. The van der Waals surface area contributed by atoms with Crippen molar-refractivity contribution in [1.29, 1.82) is 0 Å². The Kier molecular flexibility index (Phi) is 4.09. The highest BCUT2D eigenvalue weighted by Crippen LogP contribution is 2.05. The zero-order chi connectivity index (χ0) is 11.3. The molecule has 0 unspecified atom stereocenters. The van der Waals surface area contributed by atoms with E-state index in [0.717, 1.165) is 6.42 Å². The average molecular weight is 207 g/mol. The van der Waals surface area contributed by atoms with Gasteiger partial charge >= 0.3 is 6.03 Å². The van der Waals surface area contributed by atoms with Crippen molar-refractivity contribution in [1.82, 2.24) is 10.6 Å². The smallest absolute Gasteiger partial charge is 0.308 e. The first-order valence-corrected chi connectivity index (χ1v) is 4.91. The number of nitrogens with one attached hydrogen (secondary N) is 2. The van der Waals surface area contributed by atoms with E-state index < -0.39 is 6.03 Å². The predicted octanol–water partition coefficient (Wildman–Crippen LogP) is 1.52. The zero-order valence-corrected chi connectivity index (χ0v) is 8.91. The van der Waals surface area contributed by atoms with Gasteiger partial charge < -0.3 is 5.32 Å². The minimum atomic E-state index is -0.486. The van der Waals surface area contributed by atoms with Crippen LogP contribution in [0.15, 0.2) is 23.9 Å². The van der Waals surface area contributed by atoms with E-state index in [0.29, 0.717) is 5.70 Å². The SMILES string of the molecule is CC(C)C(=O)NC(=O)NC1=C[CH]CC=C1. The molecule has 4 heteroatoms. The number of carbonyl (C=O) groups excluding carboxylic acids is 2. The summed E-state index contributed by atoms with van der Waals surface area (Å²) in [6, 6.07) is -0.486. The molecule has 15 heavy (non-hydrogen) atoms. The van der Waals surface area contributed by atoms with Gasteiger partial charge in [0.2, 0.25) is 5.91 Å². The first kappa shape index (κ1) is 11.5. The van der Waals surface area contributed by atoms with Crippen LogP contribution in [-0.2, 0) is 4.79 Å². The zero-order valence-electron chi connectivity index (χ0n) is 8.91. The fourth-order valence-corrected chi connectivity index (χ4v) is 1.03. The van der Waals surface area contributed by atoms with Gasteiger partial charge in [0.1, 0.15) is 0 Å². The summed E-state index contributed by atoms with van der Waals surface area (Å²) in [4.78, 5) is 22.5. The number of urea groups is 1. The molecule has 0 fully saturated rings. The number of hydrogen-bond acceptors (Lipinski definition) is 2. The summed E-state index contributed by atoms with van der Waals surface area (Å²) in [7, 11) is 0. The maximum atomic E-state index is 11.3. The van der Waals surface area contributed by atoms with Crippen LogP contribution in [0.4, 0.5) is 4.79 Å². The van der Waals surface area contributed by atoms with Gasteiger partial charge in [0, 0.05) is 11.6 Å². The lowest BCUT2D eigenvalue weighted by molar-refractivity contribution is -0.122. The Morgan fingerprint density at radius 2 is 2.13 bits per heavy atom. The van der Waals surface area contributed by atoms with E-state index in [1.807, 2.05) is 12.5 Å². The van der Waals surface area contributed by atoms with Gasteiger partial charge in [-0.05, 0) is 18.9 Å². The first-order chi connectivity index (χ1) is 7.09. The van der Waals surface area contributed by atoms with Crippen molar-refractivity contribution in [2.24, 2.45) is 5.92 Å². The Morgan fingerprint density at radius 3 is 2.67 bits per heavy atom. The molecule has 4 nitrogen and oxygen atoms in total. The number of rotatable bonds is 2. The molecule has 3 amide bonds. The molecule has 0 aliphatic heterocycles. The lowest BCUT2D eigenvalue weighted by Gasteiger charge is -2.10. The Balaban J connectivity index is 2.39. The minimum Gasteiger partial charge on any atom is -0.308 e. The summed E-state index contributed by atoms with van der Waals surface area (Å²) in [5, 5.41) is 4.83. The van der Waals surface area contributed by atoms with E-state index >= 15 is 0 Å². The van der Waals surface area contributed by atoms with Gasteiger partial charge in [-0.25, -0.2) is 4.79 Å². The molecule has 0 saturated carbocycles. The standard InChI is InChI=1S/C11H15N2O2/c1-8(2)10(14)13-11(15)12-9-6-4-3-5-7-9/h4-8H,3H2,1-2H3,(H2,12,13,14,15). The third kappa shape index (κ3) is 3.97. The van der Waals surface area contributed by atoms with Crippen molar-refractivity contribution < 1.29 is 9.59 Å². The molecule has 1 rings (SSSR count). The van der Waals surface area contributed by atoms with Gasteiger partial charge in [-0.2, -0.15) is 0 Å². The van der Waals surface area contributed by atoms with E-state index in [2.05, 4.69) is 10.6 Å². The molecule has 0 aromatic rings. The van der Waals surface area contributed by atoms with E-state index in [1.54, 1.807) is 26.0 Å². The van der Waals surface area contributed by atoms with Gasteiger partial charge in [0.05, 0.1) is 0 Å². The molecular formula is C11H15N2O2. The second kappa shape index (κ2) is 5.34. The summed E-state index contributed by atoms with van der Waals surface area (Å²) in [5.74, 6) is -0.477. The van der Waals surface area contributed by atoms with Crippen LogP contribution in [0.3, 0.4) is 0 Å². The topological polar surface area (TPSA) is 58.2 Å². The summed E-state index contributed by atoms with van der Waals surface area (Å²) in [6.07, 6.45) is 8.34. The molecule has 0 heterocycles. The Labute approximate surface area is 89.4 Å². The van der Waals surface area contributed by atoms with Crippen LogP contribution in [0.1, 0.15) is 20.3 Å². The third-order valence-electron chi connectivity index (χ3n) is 1.89. The second-order valence-corrected chi connectivity index (χ2v) is 3.59. The van der Waals surface area contributed by atoms with Crippen molar-refractivity contribution in [2.75, 3.05) is 0 Å². The molecule has 0 atom stereocenters. The van der Waals surface area contributed by atoms with Crippen LogP contribution in [0, 0.1) is 12.3 Å². The number of carbonyl (C=O) groups is 2. The van der Waals surface area contributed by atoms with Gasteiger partial charge in [-0.3, -0.25) is 10.1 Å². The van der Waals surface area contributed by atoms with Crippen LogP contribution in [0.25, 0.3) is 0 Å². The highest BCUT2D eigenvalue weighted by atomic mass is 16.2. The quantitative estimate of drug-likeness (QED) is 0.721. The molecule has 0 saturated heterocycles. The van der Waals surface area contributed by atoms with Crippen LogP contribution in [-0.4, -0.2) is 11.9 Å². The monoisotopic (exact) mass is 207 g/mol. The Bertz CT molecular complexity index is 317. The number of amides is 3. The molecule has 2 N–H and O–H groups in total. The van der Waals surface area contributed by atoms with E-state index in [1.165, 1.54) is 0 Å². The Morgan fingerprint density at radius 1 is 1.40 bits per heavy atom. The number of imide groups is 1. The molecule has 0 aromatic heterocycles. The molecule has 0 aromatic carbocycles. The fraction of sp³-hybridized carbons (Fsp3) is 0.364. The normalized spacial score (nSPS) is 14.7. The molecule has 81 valence electrons. The first-order valence-electron chi connectivity index (χ1n) is 4.91. The fourth-order valence-electron chi connectivity index (χ4n) is 1.03. The van der Waals surface area contributed by atoms with E-state index in [4.69, 9.17) is 0 Å². The largest absolute Gasteiger partial charge is 0.325 e. The van der Waals surface area contributed by atoms with Crippen molar-refractivity contribution in [2.45, 2.75) is 20.3 Å². The molecule has 0 spiro atoms. The average Bonchev–Trinajstić information content (AvgIpc) is 2.18.